The molecule has 16 heavy (non-hydrogen) atoms. The zero-order chi connectivity index (χ0) is 12.8. The van der Waals surface area contributed by atoms with Gasteiger partial charge in [-0.05, 0) is 31.1 Å². The van der Waals surface area contributed by atoms with Gasteiger partial charge in [0, 0.05) is 19.1 Å². The van der Waals surface area contributed by atoms with E-state index in [-0.39, 0.29) is 24.5 Å². The Labute approximate surface area is 99.6 Å². The van der Waals surface area contributed by atoms with E-state index in [0.29, 0.717) is 11.8 Å². The third-order valence-electron chi connectivity index (χ3n) is 2.86. The van der Waals surface area contributed by atoms with Gasteiger partial charge in [0.2, 0.25) is 5.91 Å². The molecule has 0 radical (unpaired) electrons. The highest BCUT2D eigenvalue weighted by Gasteiger charge is 2.15. The molecule has 0 aliphatic heterocycles. The first-order valence-electron chi connectivity index (χ1n) is 6.16. The summed E-state index contributed by atoms with van der Waals surface area (Å²) in [7, 11) is 0. The van der Waals surface area contributed by atoms with Gasteiger partial charge in [0.05, 0.1) is 0 Å². The standard InChI is InChI=1S/C13H27NO2/c1-10(9-15)11(2)14-12(16)7-6-8-13(3,4)5/h10-11,15H,6-9H2,1-5H3,(H,14,16). The summed E-state index contributed by atoms with van der Waals surface area (Å²) in [5.74, 6) is 0.212. The molecule has 0 aliphatic rings. The Bertz CT molecular complexity index is 208. The van der Waals surface area contributed by atoms with Gasteiger partial charge in [-0.25, -0.2) is 0 Å². The van der Waals surface area contributed by atoms with Crippen molar-refractivity contribution in [2.75, 3.05) is 6.61 Å². The first-order chi connectivity index (χ1) is 7.26. The molecule has 96 valence electrons. The molecular weight excluding hydrogens is 202 g/mol. The SMILES string of the molecule is CC(CO)C(C)NC(=O)CCCC(C)(C)C. The molecule has 2 N–H and O–H groups in total. The highest BCUT2D eigenvalue weighted by atomic mass is 16.3. The van der Waals surface area contributed by atoms with Crippen molar-refractivity contribution >= 4 is 5.91 Å². The molecule has 2 atom stereocenters. The number of rotatable bonds is 6. The van der Waals surface area contributed by atoms with Crippen LogP contribution >= 0.6 is 0 Å². The van der Waals surface area contributed by atoms with Crippen LogP contribution in [0.25, 0.3) is 0 Å². The predicted molar refractivity (Wildman–Crippen MR) is 67.2 cm³/mol. The van der Waals surface area contributed by atoms with Crippen molar-refractivity contribution in [3.63, 3.8) is 0 Å². The number of hydrogen-bond donors (Lipinski definition) is 2. The van der Waals surface area contributed by atoms with Crippen molar-refractivity contribution in [3.8, 4) is 0 Å². The maximum atomic E-state index is 11.6. The number of carbonyl (C=O) groups excluding carboxylic acids is 1. The topological polar surface area (TPSA) is 49.3 Å². The van der Waals surface area contributed by atoms with Gasteiger partial charge < -0.3 is 10.4 Å². The summed E-state index contributed by atoms with van der Waals surface area (Å²) >= 11 is 0. The summed E-state index contributed by atoms with van der Waals surface area (Å²) in [6, 6.07) is 0.0483. The lowest BCUT2D eigenvalue weighted by molar-refractivity contribution is -0.122. The number of carbonyl (C=O) groups is 1. The fourth-order valence-corrected chi connectivity index (χ4v) is 1.41. The van der Waals surface area contributed by atoms with Crippen LogP contribution in [0.15, 0.2) is 0 Å². The van der Waals surface area contributed by atoms with Crippen LogP contribution < -0.4 is 5.32 Å². The van der Waals surface area contributed by atoms with Crippen LogP contribution in [0, 0.1) is 11.3 Å². The second-order valence-corrected chi connectivity index (χ2v) is 5.93. The number of aliphatic hydroxyl groups is 1. The first-order valence-corrected chi connectivity index (χ1v) is 6.16. The largest absolute Gasteiger partial charge is 0.396 e. The third kappa shape index (κ3) is 7.69. The molecule has 0 saturated carbocycles. The highest BCUT2D eigenvalue weighted by molar-refractivity contribution is 5.76. The van der Waals surface area contributed by atoms with Gasteiger partial charge in [0.1, 0.15) is 0 Å². The Morgan fingerprint density at radius 3 is 2.31 bits per heavy atom. The summed E-state index contributed by atoms with van der Waals surface area (Å²) < 4.78 is 0. The van der Waals surface area contributed by atoms with Crippen molar-refractivity contribution in [2.45, 2.75) is 59.9 Å². The van der Waals surface area contributed by atoms with E-state index in [1.807, 2.05) is 13.8 Å². The van der Waals surface area contributed by atoms with E-state index >= 15 is 0 Å². The molecule has 0 heterocycles. The van der Waals surface area contributed by atoms with Crippen molar-refractivity contribution in [1.82, 2.24) is 5.32 Å². The van der Waals surface area contributed by atoms with Gasteiger partial charge in [-0.15, -0.1) is 0 Å². The molecular formula is C13H27NO2. The lowest BCUT2D eigenvalue weighted by atomic mass is 9.90. The van der Waals surface area contributed by atoms with Crippen LogP contribution in [-0.2, 0) is 4.79 Å². The molecule has 0 bridgehead atoms. The van der Waals surface area contributed by atoms with Crippen LogP contribution in [0.4, 0.5) is 0 Å². The summed E-state index contributed by atoms with van der Waals surface area (Å²) in [4.78, 5) is 11.6. The van der Waals surface area contributed by atoms with Crippen LogP contribution in [-0.4, -0.2) is 23.7 Å². The molecule has 0 saturated heterocycles. The number of hydrogen-bond acceptors (Lipinski definition) is 2. The second kappa shape index (κ2) is 6.89. The lowest BCUT2D eigenvalue weighted by Gasteiger charge is -2.20. The maximum absolute atomic E-state index is 11.6. The third-order valence-corrected chi connectivity index (χ3v) is 2.86. The minimum absolute atomic E-state index is 0.0483. The smallest absolute Gasteiger partial charge is 0.220 e. The van der Waals surface area contributed by atoms with Crippen LogP contribution in [0.3, 0.4) is 0 Å². The zero-order valence-electron chi connectivity index (χ0n) is 11.3. The van der Waals surface area contributed by atoms with Gasteiger partial charge >= 0.3 is 0 Å². The van der Waals surface area contributed by atoms with E-state index in [4.69, 9.17) is 5.11 Å². The molecule has 0 aromatic carbocycles. The Balaban J connectivity index is 3.75. The molecule has 0 spiro atoms. The van der Waals surface area contributed by atoms with E-state index in [9.17, 15) is 4.79 Å². The fourth-order valence-electron chi connectivity index (χ4n) is 1.41. The average Bonchev–Trinajstić information content (AvgIpc) is 2.14. The van der Waals surface area contributed by atoms with Crippen molar-refractivity contribution in [3.05, 3.63) is 0 Å². The Morgan fingerprint density at radius 2 is 1.88 bits per heavy atom. The fraction of sp³-hybridized carbons (Fsp3) is 0.923. The quantitative estimate of drug-likeness (QED) is 0.734. The van der Waals surface area contributed by atoms with Crippen LogP contribution in [0.1, 0.15) is 53.9 Å². The van der Waals surface area contributed by atoms with E-state index in [0.717, 1.165) is 12.8 Å². The molecule has 0 aliphatic carbocycles. The average molecular weight is 229 g/mol. The Kier molecular flexibility index (Phi) is 6.65. The summed E-state index contributed by atoms with van der Waals surface area (Å²) in [5, 5.41) is 11.9. The monoisotopic (exact) mass is 229 g/mol. The van der Waals surface area contributed by atoms with Crippen LogP contribution in [0.2, 0.25) is 0 Å². The molecule has 3 heteroatoms. The van der Waals surface area contributed by atoms with E-state index < -0.39 is 0 Å². The van der Waals surface area contributed by atoms with Gasteiger partial charge in [-0.2, -0.15) is 0 Å². The van der Waals surface area contributed by atoms with Gasteiger partial charge in [0.25, 0.3) is 0 Å². The first kappa shape index (κ1) is 15.4. The summed E-state index contributed by atoms with van der Waals surface area (Å²) in [6.45, 7) is 10.5. The molecule has 0 rings (SSSR count). The molecule has 3 nitrogen and oxygen atoms in total. The van der Waals surface area contributed by atoms with Crippen molar-refractivity contribution in [1.29, 1.82) is 0 Å². The summed E-state index contributed by atoms with van der Waals surface area (Å²) in [5.41, 5.74) is 0.296. The number of aliphatic hydroxyl groups excluding tert-OH is 1. The van der Waals surface area contributed by atoms with E-state index in [1.165, 1.54) is 0 Å². The van der Waals surface area contributed by atoms with E-state index in [2.05, 4.69) is 26.1 Å². The second-order valence-electron chi connectivity index (χ2n) is 5.93. The normalized spacial score (nSPS) is 15.6. The predicted octanol–water partition coefficient (Wildman–Crippen LogP) is 2.34. The van der Waals surface area contributed by atoms with Gasteiger partial charge in [-0.3, -0.25) is 4.79 Å². The van der Waals surface area contributed by atoms with Crippen molar-refractivity contribution in [2.24, 2.45) is 11.3 Å². The maximum Gasteiger partial charge on any atom is 0.220 e. The number of amides is 1. The molecule has 2 unspecified atom stereocenters. The molecule has 0 aromatic heterocycles. The van der Waals surface area contributed by atoms with E-state index in [1.54, 1.807) is 0 Å². The highest BCUT2D eigenvalue weighted by Crippen LogP contribution is 2.21. The Morgan fingerprint density at radius 1 is 1.31 bits per heavy atom. The molecule has 0 aromatic rings. The van der Waals surface area contributed by atoms with Gasteiger partial charge in [0.15, 0.2) is 0 Å². The van der Waals surface area contributed by atoms with Gasteiger partial charge in [-0.1, -0.05) is 27.7 Å². The number of nitrogens with one attached hydrogen (secondary N) is 1. The Hall–Kier alpha value is -0.570. The minimum atomic E-state index is 0.0483. The molecule has 0 fully saturated rings. The molecule has 1 amide bonds. The van der Waals surface area contributed by atoms with Crippen LogP contribution in [0.5, 0.6) is 0 Å². The summed E-state index contributed by atoms with van der Waals surface area (Å²) in [6.07, 6.45) is 2.57. The lowest BCUT2D eigenvalue weighted by Crippen LogP contribution is -2.38. The van der Waals surface area contributed by atoms with Crippen molar-refractivity contribution < 1.29 is 9.90 Å². The zero-order valence-corrected chi connectivity index (χ0v) is 11.3. The minimum Gasteiger partial charge on any atom is -0.396 e.